The number of rotatable bonds is 9. The van der Waals surface area contributed by atoms with Crippen LogP contribution < -0.4 is 5.56 Å². The molecule has 0 aliphatic rings. The topological polar surface area (TPSA) is 72.3 Å². The van der Waals surface area contributed by atoms with Crippen molar-refractivity contribution >= 4 is 32.5 Å². The summed E-state index contributed by atoms with van der Waals surface area (Å²) in [5.41, 5.74) is 1.27. The minimum absolute atomic E-state index is 0.0797. The zero-order chi connectivity index (χ0) is 26.0. The molecule has 0 spiro atoms. The van der Waals surface area contributed by atoms with Gasteiger partial charge in [0.15, 0.2) is 0 Å². The van der Waals surface area contributed by atoms with E-state index in [1.165, 1.54) is 4.31 Å². The van der Waals surface area contributed by atoms with Crippen LogP contribution in [-0.4, -0.2) is 28.8 Å². The Hall–Kier alpha value is -2.22. The molecule has 2 aromatic carbocycles. The molecule has 35 heavy (non-hydrogen) atoms. The van der Waals surface area contributed by atoms with Gasteiger partial charge in [-0.05, 0) is 61.1 Å². The van der Waals surface area contributed by atoms with Gasteiger partial charge in [0.25, 0.3) is 5.56 Å². The van der Waals surface area contributed by atoms with E-state index in [0.717, 1.165) is 12.0 Å². The lowest BCUT2D eigenvalue weighted by atomic mass is 9.87. The number of benzene rings is 2. The summed E-state index contributed by atoms with van der Waals surface area (Å²) in [6, 6.07) is 11.5. The van der Waals surface area contributed by atoms with Gasteiger partial charge in [-0.3, -0.25) is 9.36 Å². The molecular weight excluding hydrogens is 482 g/mol. The summed E-state index contributed by atoms with van der Waals surface area (Å²) in [6.07, 6.45) is 2.01. The first-order chi connectivity index (χ1) is 16.4. The number of halogens is 1. The van der Waals surface area contributed by atoms with Crippen molar-refractivity contribution in [2.45, 2.75) is 83.7 Å². The van der Waals surface area contributed by atoms with Crippen molar-refractivity contribution in [2.24, 2.45) is 0 Å². The molecular formula is C27H36ClN3O3S. The van der Waals surface area contributed by atoms with E-state index in [1.54, 1.807) is 34.9 Å². The fraction of sp³-hybridized carbons (Fsp3) is 0.481. The highest BCUT2D eigenvalue weighted by molar-refractivity contribution is 7.89. The first-order valence-electron chi connectivity index (χ1n) is 12.3. The quantitative estimate of drug-likeness (QED) is 0.333. The van der Waals surface area contributed by atoms with E-state index in [4.69, 9.17) is 16.6 Å². The molecule has 1 atom stereocenters. The molecule has 1 heterocycles. The van der Waals surface area contributed by atoms with Crippen molar-refractivity contribution < 1.29 is 8.42 Å². The summed E-state index contributed by atoms with van der Waals surface area (Å²) in [5.74, 6) is 0.445. The molecule has 0 saturated heterocycles. The monoisotopic (exact) mass is 517 g/mol. The van der Waals surface area contributed by atoms with Crippen LogP contribution in [0.25, 0.3) is 10.9 Å². The minimum atomic E-state index is -3.84. The second kappa shape index (κ2) is 10.8. The van der Waals surface area contributed by atoms with Crippen molar-refractivity contribution in [3.8, 4) is 0 Å². The fourth-order valence-corrected chi connectivity index (χ4v) is 6.17. The van der Waals surface area contributed by atoms with Gasteiger partial charge in [0, 0.05) is 18.1 Å². The Labute approximate surface area is 214 Å². The highest BCUT2D eigenvalue weighted by Crippen LogP contribution is 2.32. The van der Waals surface area contributed by atoms with E-state index < -0.39 is 16.1 Å². The summed E-state index contributed by atoms with van der Waals surface area (Å²) in [7, 11) is -3.84. The van der Waals surface area contributed by atoms with E-state index in [0.29, 0.717) is 47.7 Å². The summed E-state index contributed by atoms with van der Waals surface area (Å²) in [5, 5.41) is 0.947. The number of aromatic nitrogens is 2. The summed E-state index contributed by atoms with van der Waals surface area (Å²) < 4.78 is 31.0. The zero-order valence-electron chi connectivity index (χ0n) is 21.5. The molecule has 190 valence electrons. The van der Waals surface area contributed by atoms with Crippen LogP contribution in [0.2, 0.25) is 5.02 Å². The predicted molar refractivity (Wildman–Crippen MR) is 144 cm³/mol. The normalized spacial score (nSPS) is 13.5. The molecule has 8 heteroatoms. The van der Waals surface area contributed by atoms with Crippen molar-refractivity contribution in [3.63, 3.8) is 0 Å². The third-order valence-corrected chi connectivity index (χ3v) is 8.51. The Kier molecular flexibility index (Phi) is 8.45. The zero-order valence-corrected chi connectivity index (χ0v) is 23.1. The number of hydrogen-bond donors (Lipinski definition) is 0. The van der Waals surface area contributed by atoms with Gasteiger partial charge in [-0.1, -0.05) is 64.8 Å². The maximum absolute atomic E-state index is 14.0. The third kappa shape index (κ3) is 5.63. The van der Waals surface area contributed by atoms with Gasteiger partial charge in [0.2, 0.25) is 10.0 Å². The van der Waals surface area contributed by atoms with Crippen LogP contribution in [-0.2, 0) is 22.0 Å². The van der Waals surface area contributed by atoms with Crippen molar-refractivity contribution in [2.75, 3.05) is 6.54 Å². The van der Waals surface area contributed by atoms with Gasteiger partial charge in [-0.2, -0.15) is 4.31 Å². The van der Waals surface area contributed by atoms with Crippen LogP contribution in [0.3, 0.4) is 0 Å². The van der Waals surface area contributed by atoms with Crippen LogP contribution in [0.15, 0.2) is 52.2 Å². The van der Waals surface area contributed by atoms with Crippen molar-refractivity contribution in [3.05, 3.63) is 69.2 Å². The molecule has 1 unspecified atom stereocenters. The Morgan fingerprint density at radius 3 is 2.26 bits per heavy atom. The SMILES string of the molecule is CCCCN(C(CC)c1nc2cc(Cl)ccc2c(=O)n1CC)S(=O)(=O)c1ccc(C(C)(C)C)cc1. The average Bonchev–Trinajstić information content (AvgIpc) is 2.81. The van der Waals surface area contributed by atoms with E-state index in [9.17, 15) is 13.2 Å². The van der Waals surface area contributed by atoms with Gasteiger partial charge in [-0.15, -0.1) is 0 Å². The molecule has 3 aromatic rings. The highest BCUT2D eigenvalue weighted by atomic mass is 35.5. The van der Waals surface area contributed by atoms with Gasteiger partial charge < -0.3 is 0 Å². The van der Waals surface area contributed by atoms with Gasteiger partial charge >= 0.3 is 0 Å². The molecule has 0 saturated carbocycles. The number of fused-ring (bicyclic) bond motifs is 1. The van der Waals surface area contributed by atoms with Gasteiger partial charge in [-0.25, -0.2) is 13.4 Å². The third-order valence-electron chi connectivity index (χ3n) is 6.35. The van der Waals surface area contributed by atoms with E-state index in [1.807, 2.05) is 32.9 Å². The molecule has 0 amide bonds. The van der Waals surface area contributed by atoms with Gasteiger partial charge in [0.1, 0.15) is 5.82 Å². The standard InChI is InChI=1S/C27H36ClN3O3S/c1-7-10-17-31(35(33,34)21-14-11-19(12-15-21)27(4,5)6)24(8-2)25-29-23-18-20(28)13-16-22(23)26(32)30(25)9-3/h11-16,18,24H,7-10,17H2,1-6H3. The molecule has 0 radical (unpaired) electrons. The van der Waals surface area contributed by atoms with Crippen LogP contribution in [0.5, 0.6) is 0 Å². The minimum Gasteiger partial charge on any atom is -0.295 e. The lowest BCUT2D eigenvalue weighted by molar-refractivity contribution is 0.291. The van der Waals surface area contributed by atoms with Crippen molar-refractivity contribution in [1.82, 2.24) is 13.9 Å². The Morgan fingerprint density at radius 2 is 1.71 bits per heavy atom. The molecule has 0 aliphatic carbocycles. The fourth-order valence-electron chi connectivity index (χ4n) is 4.31. The first-order valence-corrected chi connectivity index (χ1v) is 14.1. The molecule has 0 N–H and O–H groups in total. The molecule has 0 aliphatic heterocycles. The smallest absolute Gasteiger partial charge is 0.261 e. The second-order valence-corrected chi connectivity index (χ2v) is 12.2. The lowest BCUT2D eigenvalue weighted by Crippen LogP contribution is -2.39. The number of sulfonamides is 1. The predicted octanol–water partition coefficient (Wildman–Crippen LogP) is 6.31. The molecule has 0 fully saturated rings. The van der Waals surface area contributed by atoms with Gasteiger partial charge in [0.05, 0.1) is 21.8 Å². The summed E-state index contributed by atoms with van der Waals surface area (Å²) >= 11 is 6.18. The van der Waals surface area contributed by atoms with Crippen molar-refractivity contribution in [1.29, 1.82) is 0 Å². The Bertz CT molecular complexity index is 1340. The Balaban J connectivity index is 2.19. The molecule has 6 nitrogen and oxygen atoms in total. The number of unbranched alkanes of at least 4 members (excludes halogenated alkanes) is 1. The summed E-state index contributed by atoms with van der Waals surface area (Å²) in [4.78, 5) is 18.4. The van der Waals surface area contributed by atoms with E-state index in [2.05, 4.69) is 20.8 Å². The van der Waals surface area contributed by atoms with Crippen LogP contribution in [0.4, 0.5) is 0 Å². The largest absolute Gasteiger partial charge is 0.295 e. The first kappa shape index (κ1) is 27.4. The second-order valence-electron chi connectivity index (χ2n) is 9.85. The Morgan fingerprint density at radius 1 is 1.06 bits per heavy atom. The molecule has 1 aromatic heterocycles. The molecule has 0 bridgehead atoms. The highest BCUT2D eigenvalue weighted by Gasteiger charge is 2.34. The van der Waals surface area contributed by atoms with E-state index in [-0.39, 0.29) is 15.9 Å². The maximum Gasteiger partial charge on any atom is 0.261 e. The number of nitrogens with zero attached hydrogens (tertiary/aromatic N) is 3. The van der Waals surface area contributed by atoms with Crippen LogP contribution in [0, 0.1) is 0 Å². The lowest BCUT2D eigenvalue weighted by Gasteiger charge is -2.31. The van der Waals surface area contributed by atoms with Crippen LogP contribution >= 0.6 is 11.6 Å². The number of hydrogen-bond acceptors (Lipinski definition) is 4. The summed E-state index contributed by atoms with van der Waals surface area (Å²) in [6.45, 7) is 12.8. The molecule has 3 rings (SSSR count). The van der Waals surface area contributed by atoms with Crippen LogP contribution in [0.1, 0.15) is 78.2 Å². The van der Waals surface area contributed by atoms with E-state index >= 15 is 0 Å². The average molecular weight is 518 g/mol. The maximum atomic E-state index is 14.0.